The molecule has 4 aromatic heterocycles. The van der Waals surface area contributed by atoms with Crippen LogP contribution in [0.1, 0.15) is 11.1 Å². The Morgan fingerprint density at radius 1 is 0.830 bits per heavy atom. The van der Waals surface area contributed by atoms with Gasteiger partial charge in [-0.25, -0.2) is 0 Å². The summed E-state index contributed by atoms with van der Waals surface area (Å²) in [5, 5.41) is 2.23. The largest absolute Gasteiger partial charge is 0 e. The molecule has 0 unspecified atom stereocenters. The summed E-state index contributed by atoms with van der Waals surface area (Å²) in [5.41, 5.74) is 9.81. The fraction of sp³-hybridized carbons (Fsp3) is 0.125. The summed E-state index contributed by atoms with van der Waals surface area (Å²) in [6.45, 7) is 4.18. The maximum Gasteiger partial charge on any atom is 0 e. The van der Waals surface area contributed by atoms with Gasteiger partial charge >= 0.3 is 99.8 Å². The summed E-state index contributed by atoms with van der Waals surface area (Å²) in [6, 6.07) is 39.5. The Labute approximate surface area is 291 Å². The van der Waals surface area contributed by atoms with Crippen molar-refractivity contribution < 1.29 is 24.5 Å². The van der Waals surface area contributed by atoms with Crippen LogP contribution in [0.15, 0.2) is 120 Å². The number of hydrogen-bond donors (Lipinski definition) is 0. The van der Waals surface area contributed by atoms with Crippen molar-refractivity contribution in [1.82, 2.24) is 19.5 Å². The van der Waals surface area contributed by atoms with E-state index in [1.54, 1.807) is 6.20 Å². The Kier molecular flexibility index (Phi) is 9.29. The van der Waals surface area contributed by atoms with Gasteiger partial charge in [0, 0.05) is 37.4 Å². The Balaban J connectivity index is 0.000000194. The van der Waals surface area contributed by atoms with Gasteiger partial charge in [-0.3, -0.25) is 9.97 Å². The molecule has 8 rings (SSSR count). The standard InChI is InChI=1S/C26H18N3O.C14H16GeN.Ir/c1-16-8-10-19-23(14-16)30-25-20(11-9-17(2)24(19)25)26-28-21-12-13-27-15-22(21)29(26)18-6-4-3-5-7-18;1-15(2,3)13-9-10-14(16-11-13)12-7-5-4-6-8-12;/h3-10,12-15H,1-2H3;4-7,9-11H,1-3H3;/q2*-1;. The van der Waals surface area contributed by atoms with E-state index < -0.39 is 13.3 Å². The van der Waals surface area contributed by atoms with Gasteiger partial charge in [-0.15, -0.1) is 17.7 Å². The molecule has 0 bridgehead atoms. The van der Waals surface area contributed by atoms with Gasteiger partial charge in [0.25, 0.3) is 0 Å². The SMILES string of the molecule is Cc1ccc2c(c1)oc1c(-c3nc4ccncc4n3-c3ccccc3)[c-]cc(C)c12.[CH3][Ge]([CH3])([CH3])[c]1ccc(-c2[c-]cccc2)nc1.[Ir]. The summed E-state index contributed by atoms with van der Waals surface area (Å²) in [7, 11) is 0. The van der Waals surface area contributed by atoms with E-state index in [9.17, 15) is 0 Å². The van der Waals surface area contributed by atoms with Gasteiger partial charge in [0.1, 0.15) is 5.58 Å². The predicted molar refractivity (Wildman–Crippen MR) is 191 cm³/mol. The number of nitrogens with zero attached hydrogens (tertiary/aromatic N) is 4. The van der Waals surface area contributed by atoms with Crippen LogP contribution in [0.3, 0.4) is 0 Å². The van der Waals surface area contributed by atoms with Crippen molar-refractivity contribution in [2.45, 2.75) is 31.1 Å². The van der Waals surface area contributed by atoms with Crippen molar-refractivity contribution >= 4 is 50.6 Å². The van der Waals surface area contributed by atoms with Crippen molar-refractivity contribution in [2.75, 3.05) is 0 Å². The molecule has 0 amide bonds. The second kappa shape index (κ2) is 13.4. The van der Waals surface area contributed by atoms with Crippen molar-refractivity contribution in [2.24, 2.45) is 0 Å². The van der Waals surface area contributed by atoms with Crippen molar-refractivity contribution in [3.8, 4) is 28.3 Å². The van der Waals surface area contributed by atoms with E-state index in [-0.39, 0.29) is 20.1 Å². The number of furan rings is 1. The van der Waals surface area contributed by atoms with Gasteiger partial charge in [0.05, 0.1) is 28.6 Å². The third-order valence-corrected chi connectivity index (χ3v) is 12.5. The first-order valence-corrected chi connectivity index (χ1v) is 22.8. The maximum absolute atomic E-state index is 6.39. The first kappa shape index (κ1) is 32.6. The molecular weight excluding hydrogens is 817 g/mol. The number of aromatic nitrogens is 4. The second-order valence-corrected chi connectivity index (χ2v) is 23.2. The van der Waals surface area contributed by atoms with Crippen molar-refractivity contribution in [1.29, 1.82) is 0 Å². The van der Waals surface area contributed by atoms with Gasteiger partial charge in [-0.05, 0) is 36.8 Å². The monoisotopic (exact) mass is 853 g/mol. The first-order valence-electron chi connectivity index (χ1n) is 15.4. The minimum Gasteiger partial charge on any atom is 0 e. The minimum atomic E-state index is -1.72. The van der Waals surface area contributed by atoms with Crippen LogP contribution in [0.5, 0.6) is 0 Å². The molecule has 0 aliphatic heterocycles. The van der Waals surface area contributed by atoms with E-state index in [2.05, 4.69) is 100 Å². The van der Waals surface area contributed by atoms with Crippen molar-refractivity contribution in [3.63, 3.8) is 0 Å². The second-order valence-electron chi connectivity index (χ2n) is 12.6. The summed E-state index contributed by atoms with van der Waals surface area (Å²) in [5.74, 6) is 7.94. The molecule has 0 N–H and O–H groups in total. The minimum absolute atomic E-state index is 0. The number of para-hydroxylation sites is 1. The molecule has 1 radical (unpaired) electrons. The molecule has 0 spiro atoms. The fourth-order valence-electron chi connectivity index (χ4n) is 5.74. The van der Waals surface area contributed by atoms with E-state index in [4.69, 9.17) is 9.40 Å². The van der Waals surface area contributed by atoms with Gasteiger partial charge < -0.3 is 8.98 Å². The van der Waals surface area contributed by atoms with Crippen LogP contribution < -0.4 is 4.40 Å². The number of pyridine rings is 2. The Hall–Kier alpha value is -4.36. The van der Waals surface area contributed by atoms with Crippen LogP contribution in [0.2, 0.25) is 17.3 Å². The molecule has 0 aliphatic rings. The third-order valence-electron chi connectivity index (χ3n) is 8.21. The average molecular weight is 852 g/mol. The topological polar surface area (TPSA) is 56.7 Å². The zero-order valence-electron chi connectivity index (χ0n) is 27.0. The number of benzene rings is 4. The van der Waals surface area contributed by atoms with E-state index in [1.807, 2.05) is 67.0 Å². The third kappa shape index (κ3) is 6.46. The number of imidazole rings is 1. The molecule has 0 atom stereocenters. The number of fused-ring (bicyclic) bond motifs is 4. The number of hydrogen-bond acceptors (Lipinski definition) is 4. The Bertz CT molecular complexity index is 2310. The molecule has 4 aromatic carbocycles. The summed E-state index contributed by atoms with van der Waals surface area (Å²) in [4.78, 5) is 13.8. The predicted octanol–water partition coefficient (Wildman–Crippen LogP) is 9.50. The van der Waals surface area contributed by atoms with E-state index in [0.29, 0.717) is 0 Å². The zero-order valence-corrected chi connectivity index (χ0v) is 31.5. The molecule has 47 heavy (non-hydrogen) atoms. The molecule has 0 fully saturated rings. The maximum atomic E-state index is 6.39. The molecule has 0 saturated heterocycles. The van der Waals surface area contributed by atoms with Gasteiger partial charge in [0.15, 0.2) is 0 Å². The van der Waals surface area contributed by atoms with E-state index >= 15 is 0 Å². The molecular formula is C40H34GeIrN4O-2. The average Bonchev–Trinajstić information content (AvgIpc) is 3.65. The fourth-order valence-corrected chi connectivity index (χ4v) is 7.91. The van der Waals surface area contributed by atoms with E-state index in [1.165, 1.54) is 9.96 Å². The summed E-state index contributed by atoms with van der Waals surface area (Å²) >= 11 is -1.72. The smallest absolute Gasteiger partial charge is 0 e. The molecule has 235 valence electrons. The molecule has 0 saturated carbocycles. The van der Waals surface area contributed by atoms with Crippen molar-refractivity contribution in [3.05, 3.63) is 139 Å². The van der Waals surface area contributed by atoms with Crippen LogP contribution in [0.25, 0.3) is 61.3 Å². The van der Waals surface area contributed by atoms with Gasteiger partial charge in [-0.2, -0.15) is 0 Å². The molecule has 0 aliphatic carbocycles. The first-order chi connectivity index (χ1) is 22.3. The van der Waals surface area contributed by atoms with E-state index in [0.717, 1.165) is 66.9 Å². The molecule has 8 aromatic rings. The summed E-state index contributed by atoms with van der Waals surface area (Å²) in [6.07, 6.45) is 5.66. The molecule has 7 heteroatoms. The zero-order chi connectivity index (χ0) is 31.8. The van der Waals surface area contributed by atoms with Crippen LogP contribution in [0.4, 0.5) is 0 Å². The van der Waals surface area contributed by atoms with Crippen LogP contribution in [-0.2, 0) is 20.1 Å². The van der Waals surface area contributed by atoms with Gasteiger partial charge in [0.2, 0.25) is 0 Å². The number of aryl methyl sites for hydroxylation is 2. The number of rotatable bonds is 4. The van der Waals surface area contributed by atoms with Gasteiger partial charge in [-0.1, -0.05) is 48.2 Å². The molecule has 4 heterocycles. The van der Waals surface area contributed by atoms with Crippen LogP contribution in [0, 0.1) is 26.0 Å². The quantitative estimate of drug-likeness (QED) is 0.131. The van der Waals surface area contributed by atoms with Crippen LogP contribution in [-0.4, -0.2) is 32.8 Å². The summed E-state index contributed by atoms with van der Waals surface area (Å²) < 4.78 is 9.96. The Morgan fingerprint density at radius 3 is 2.36 bits per heavy atom. The molecule has 5 nitrogen and oxygen atoms in total. The van der Waals surface area contributed by atoms with Crippen LogP contribution >= 0.6 is 0 Å². The Morgan fingerprint density at radius 2 is 1.64 bits per heavy atom. The normalized spacial score (nSPS) is 11.3.